The van der Waals surface area contributed by atoms with Crippen molar-refractivity contribution in [2.45, 2.75) is 25.5 Å². The van der Waals surface area contributed by atoms with E-state index in [4.69, 9.17) is 27.7 Å². The Morgan fingerprint density at radius 2 is 2.19 bits per heavy atom. The largest absolute Gasteiger partial charge is 0.389 e. The summed E-state index contributed by atoms with van der Waals surface area (Å²) in [5, 5.41) is 0.998. The molecular weight excluding hydrogens is 282 g/mol. The monoisotopic (exact) mass is 301 g/mol. The summed E-state index contributed by atoms with van der Waals surface area (Å²) < 4.78 is 5.65. The number of anilines is 1. The number of benzene rings is 1. The average Bonchev–Trinajstić information content (AvgIpc) is 2.91. The van der Waals surface area contributed by atoms with Crippen LogP contribution in [0.15, 0.2) is 30.3 Å². The molecule has 1 aliphatic heterocycles. The zero-order valence-corrected chi connectivity index (χ0v) is 13.1. The lowest BCUT2D eigenvalue weighted by Crippen LogP contribution is -2.37. The first-order valence-corrected chi connectivity index (χ1v) is 7.53. The Labute approximate surface area is 129 Å². The van der Waals surface area contributed by atoms with Crippen molar-refractivity contribution in [2.75, 3.05) is 18.6 Å². The normalized spacial score (nSPS) is 21.6. The molecule has 1 aromatic carbocycles. The van der Waals surface area contributed by atoms with Gasteiger partial charge in [0, 0.05) is 24.6 Å². The summed E-state index contributed by atoms with van der Waals surface area (Å²) in [6, 6.07) is 10.3. The molecule has 1 fully saturated rings. The summed E-state index contributed by atoms with van der Waals surface area (Å²) in [6.45, 7) is 2.90. The molecule has 5 heteroatoms. The fourth-order valence-electron chi connectivity index (χ4n) is 2.94. The number of fused-ring (bicyclic) bond motifs is 1. The van der Waals surface area contributed by atoms with Crippen LogP contribution in [0.25, 0.3) is 10.9 Å². The fraction of sp³-hybridized carbons (Fsp3) is 0.375. The molecule has 2 atom stereocenters. The van der Waals surface area contributed by atoms with E-state index in [9.17, 15) is 0 Å². The van der Waals surface area contributed by atoms with Crippen molar-refractivity contribution in [2.24, 2.45) is 5.73 Å². The standard InChI is InChI=1S/C16H19N3OS/c1-10-14(7-8-20-10)19(2)15-9-12(16(17)21)11-5-3-4-6-13(11)18-15/h3-6,9-10,14H,7-8H2,1-2H3,(H2,17,21). The minimum atomic E-state index is 0.205. The topological polar surface area (TPSA) is 51.4 Å². The molecule has 2 unspecified atom stereocenters. The molecule has 0 radical (unpaired) electrons. The number of nitrogens with two attached hydrogens (primary N) is 1. The Kier molecular flexibility index (Phi) is 3.78. The van der Waals surface area contributed by atoms with Crippen molar-refractivity contribution in [3.05, 3.63) is 35.9 Å². The lowest BCUT2D eigenvalue weighted by Gasteiger charge is -2.28. The zero-order valence-electron chi connectivity index (χ0n) is 12.2. The van der Waals surface area contributed by atoms with Gasteiger partial charge >= 0.3 is 0 Å². The molecule has 2 aromatic rings. The van der Waals surface area contributed by atoms with Gasteiger partial charge in [-0.1, -0.05) is 30.4 Å². The van der Waals surface area contributed by atoms with Gasteiger partial charge in [0.25, 0.3) is 0 Å². The molecule has 3 rings (SSSR count). The fourth-order valence-corrected chi connectivity index (χ4v) is 3.11. The number of hydrogen-bond donors (Lipinski definition) is 1. The maximum atomic E-state index is 5.89. The van der Waals surface area contributed by atoms with Gasteiger partial charge in [-0.25, -0.2) is 4.98 Å². The minimum Gasteiger partial charge on any atom is -0.389 e. The van der Waals surface area contributed by atoms with Crippen molar-refractivity contribution in [3.63, 3.8) is 0 Å². The Morgan fingerprint density at radius 1 is 1.43 bits per heavy atom. The van der Waals surface area contributed by atoms with E-state index in [1.807, 2.05) is 30.3 Å². The Bertz CT molecular complexity index is 688. The van der Waals surface area contributed by atoms with Gasteiger partial charge in [-0.3, -0.25) is 0 Å². The summed E-state index contributed by atoms with van der Waals surface area (Å²) in [7, 11) is 2.05. The van der Waals surface area contributed by atoms with Crippen molar-refractivity contribution >= 4 is 33.9 Å². The molecule has 21 heavy (non-hydrogen) atoms. The first-order chi connectivity index (χ1) is 10.1. The summed E-state index contributed by atoms with van der Waals surface area (Å²) in [4.78, 5) is 7.33. The Morgan fingerprint density at radius 3 is 2.86 bits per heavy atom. The van der Waals surface area contributed by atoms with E-state index in [-0.39, 0.29) is 6.10 Å². The molecule has 1 aromatic heterocycles. The lowest BCUT2D eigenvalue weighted by atomic mass is 10.1. The number of rotatable bonds is 3. The van der Waals surface area contributed by atoms with Gasteiger partial charge < -0.3 is 15.4 Å². The molecule has 0 aliphatic carbocycles. The summed E-state index contributed by atoms with van der Waals surface area (Å²) in [5.41, 5.74) is 7.68. The summed E-state index contributed by atoms with van der Waals surface area (Å²) >= 11 is 5.20. The quantitative estimate of drug-likeness (QED) is 0.883. The Balaban J connectivity index is 2.08. The van der Waals surface area contributed by atoms with Gasteiger partial charge in [-0.05, 0) is 25.5 Å². The molecule has 0 bridgehead atoms. The highest BCUT2D eigenvalue weighted by Crippen LogP contribution is 2.27. The highest BCUT2D eigenvalue weighted by atomic mass is 32.1. The van der Waals surface area contributed by atoms with Gasteiger partial charge in [0.15, 0.2) is 0 Å². The van der Waals surface area contributed by atoms with E-state index >= 15 is 0 Å². The molecule has 0 amide bonds. The van der Waals surface area contributed by atoms with Gasteiger partial charge in [0.05, 0.1) is 17.7 Å². The first kappa shape index (κ1) is 14.2. The van der Waals surface area contributed by atoms with Crippen LogP contribution in [0, 0.1) is 0 Å². The third-order valence-electron chi connectivity index (χ3n) is 4.16. The second-order valence-electron chi connectivity index (χ2n) is 5.45. The highest BCUT2D eigenvalue weighted by molar-refractivity contribution is 7.80. The second kappa shape index (κ2) is 5.58. The Hall–Kier alpha value is -1.72. The predicted molar refractivity (Wildman–Crippen MR) is 89.9 cm³/mol. The molecular formula is C16H19N3OS. The molecule has 2 heterocycles. The molecule has 0 spiro atoms. The second-order valence-corrected chi connectivity index (χ2v) is 5.89. The SMILES string of the molecule is CC1OCCC1N(C)c1cc(C(N)=S)c2ccccc2n1. The molecule has 1 aliphatic rings. The lowest BCUT2D eigenvalue weighted by molar-refractivity contribution is 0.118. The van der Waals surface area contributed by atoms with Crippen LogP contribution in [0.3, 0.4) is 0 Å². The van der Waals surface area contributed by atoms with Crippen molar-refractivity contribution in [1.82, 2.24) is 4.98 Å². The zero-order chi connectivity index (χ0) is 15.0. The molecule has 0 saturated carbocycles. The maximum Gasteiger partial charge on any atom is 0.130 e. The number of likely N-dealkylation sites (N-methyl/N-ethyl adjacent to an activating group) is 1. The van der Waals surface area contributed by atoms with Crippen LogP contribution < -0.4 is 10.6 Å². The van der Waals surface area contributed by atoms with E-state index in [1.165, 1.54) is 0 Å². The van der Waals surface area contributed by atoms with E-state index in [0.717, 1.165) is 35.3 Å². The van der Waals surface area contributed by atoms with Crippen molar-refractivity contribution < 1.29 is 4.74 Å². The summed E-state index contributed by atoms with van der Waals surface area (Å²) in [6.07, 6.45) is 1.21. The van der Waals surface area contributed by atoms with Crippen LogP contribution in [0.4, 0.5) is 5.82 Å². The van der Waals surface area contributed by atoms with Crippen LogP contribution in [0.5, 0.6) is 0 Å². The number of aromatic nitrogens is 1. The van der Waals surface area contributed by atoms with Crippen molar-refractivity contribution in [3.8, 4) is 0 Å². The third-order valence-corrected chi connectivity index (χ3v) is 4.38. The van der Waals surface area contributed by atoms with Crippen LogP contribution in [0.1, 0.15) is 18.9 Å². The number of para-hydroxylation sites is 1. The average molecular weight is 301 g/mol. The molecule has 1 saturated heterocycles. The number of hydrogen-bond acceptors (Lipinski definition) is 4. The highest BCUT2D eigenvalue weighted by Gasteiger charge is 2.29. The van der Waals surface area contributed by atoms with Crippen LogP contribution in [-0.2, 0) is 4.74 Å². The third kappa shape index (κ3) is 2.59. The van der Waals surface area contributed by atoms with E-state index in [0.29, 0.717) is 11.0 Å². The van der Waals surface area contributed by atoms with Crippen LogP contribution >= 0.6 is 12.2 Å². The minimum absolute atomic E-state index is 0.205. The first-order valence-electron chi connectivity index (χ1n) is 7.12. The molecule has 2 N–H and O–H groups in total. The molecule has 110 valence electrons. The predicted octanol–water partition coefficient (Wildman–Crippen LogP) is 2.48. The van der Waals surface area contributed by atoms with Crippen molar-refractivity contribution in [1.29, 1.82) is 0 Å². The smallest absolute Gasteiger partial charge is 0.130 e. The van der Waals surface area contributed by atoms with Gasteiger partial charge in [-0.2, -0.15) is 0 Å². The van der Waals surface area contributed by atoms with Gasteiger partial charge in [-0.15, -0.1) is 0 Å². The van der Waals surface area contributed by atoms with Gasteiger partial charge in [0.2, 0.25) is 0 Å². The number of pyridine rings is 1. The number of thiocarbonyl (C=S) groups is 1. The summed E-state index contributed by atoms with van der Waals surface area (Å²) in [5.74, 6) is 0.888. The number of nitrogens with zero attached hydrogens (tertiary/aromatic N) is 2. The van der Waals surface area contributed by atoms with E-state index < -0.39 is 0 Å². The maximum absolute atomic E-state index is 5.89. The van der Waals surface area contributed by atoms with Crippen LogP contribution in [0.2, 0.25) is 0 Å². The molecule has 4 nitrogen and oxygen atoms in total. The number of ether oxygens (including phenoxy) is 1. The van der Waals surface area contributed by atoms with Gasteiger partial charge in [0.1, 0.15) is 10.8 Å². The van der Waals surface area contributed by atoms with Crippen LogP contribution in [-0.4, -0.2) is 35.8 Å². The van der Waals surface area contributed by atoms with E-state index in [2.05, 4.69) is 18.9 Å². The van der Waals surface area contributed by atoms with E-state index in [1.54, 1.807) is 0 Å².